The quantitative estimate of drug-likeness (QED) is 0.571. The van der Waals surface area contributed by atoms with Crippen LogP contribution in [0.3, 0.4) is 0 Å². The van der Waals surface area contributed by atoms with Gasteiger partial charge >= 0.3 is 0 Å². The first-order valence-electron chi connectivity index (χ1n) is 12.5. The van der Waals surface area contributed by atoms with Gasteiger partial charge in [0.25, 0.3) is 5.91 Å². The molecule has 0 bridgehead atoms. The Kier molecular flexibility index (Phi) is 5.76. The summed E-state index contributed by atoms with van der Waals surface area (Å²) in [6, 6.07) is 14.2. The van der Waals surface area contributed by atoms with E-state index in [2.05, 4.69) is 21.3 Å². The monoisotopic (exact) mass is 486 g/mol. The molecule has 1 aromatic heterocycles. The summed E-state index contributed by atoms with van der Waals surface area (Å²) in [5.41, 5.74) is 4.46. The molecule has 2 aromatic carbocycles. The molecule has 3 amide bonds. The number of hydrogen-bond donors (Lipinski definition) is 1. The van der Waals surface area contributed by atoms with Gasteiger partial charge in [-0.3, -0.25) is 29.6 Å². The van der Waals surface area contributed by atoms with Gasteiger partial charge in [0.05, 0.1) is 11.2 Å². The van der Waals surface area contributed by atoms with Crippen molar-refractivity contribution in [2.45, 2.75) is 50.7 Å². The van der Waals surface area contributed by atoms with Crippen LogP contribution in [0.2, 0.25) is 0 Å². The number of benzene rings is 2. The minimum atomic E-state index is -0.588. The number of hydrogen-bond acceptors (Lipinski definition) is 5. The maximum Gasteiger partial charge on any atom is 0.255 e. The number of likely N-dealkylation sites (tertiary alicyclic amines) is 1. The van der Waals surface area contributed by atoms with Crippen LogP contribution in [0.25, 0.3) is 10.9 Å². The van der Waals surface area contributed by atoms with E-state index in [0.29, 0.717) is 30.0 Å². The molecule has 0 aliphatic carbocycles. The zero-order valence-electron chi connectivity index (χ0n) is 19.9. The standard InChI is InChI=1S/C28H27FN4O3/c29-21-4-1-18-2-5-22(30-24(18)14-21)16-32-11-9-17(10-12-32)19-3-6-23-20(13-19)15-33(28(23)36)25-7-8-26(34)31-27(25)35/h1-6,13-14,17,25H,7-12,15-16H2,(H,31,34,35). The molecule has 3 aliphatic rings. The third kappa shape index (κ3) is 4.26. The highest BCUT2D eigenvalue weighted by atomic mass is 19.1. The Morgan fingerprint density at radius 3 is 2.58 bits per heavy atom. The van der Waals surface area contributed by atoms with Crippen molar-refractivity contribution in [1.82, 2.24) is 20.1 Å². The molecule has 2 fully saturated rings. The molecule has 0 saturated carbocycles. The van der Waals surface area contributed by atoms with E-state index in [-0.39, 0.29) is 30.0 Å². The lowest BCUT2D eigenvalue weighted by atomic mass is 9.88. The minimum absolute atomic E-state index is 0.136. The van der Waals surface area contributed by atoms with E-state index in [0.717, 1.165) is 49.1 Å². The van der Waals surface area contributed by atoms with E-state index in [9.17, 15) is 18.8 Å². The first-order chi connectivity index (χ1) is 17.4. The molecule has 6 rings (SSSR count). The molecule has 184 valence electrons. The van der Waals surface area contributed by atoms with E-state index in [4.69, 9.17) is 0 Å². The van der Waals surface area contributed by atoms with E-state index >= 15 is 0 Å². The van der Waals surface area contributed by atoms with E-state index < -0.39 is 6.04 Å². The molecule has 8 heteroatoms. The number of imide groups is 1. The third-order valence-electron chi connectivity index (χ3n) is 7.70. The lowest BCUT2D eigenvalue weighted by Gasteiger charge is -2.32. The van der Waals surface area contributed by atoms with Crippen molar-refractivity contribution in [2.24, 2.45) is 0 Å². The Hall–Kier alpha value is -3.65. The normalized spacial score (nSPS) is 21.2. The summed E-state index contributed by atoms with van der Waals surface area (Å²) in [4.78, 5) is 45.4. The Labute approximate surface area is 208 Å². The molecule has 0 radical (unpaired) electrons. The van der Waals surface area contributed by atoms with Crippen molar-refractivity contribution in [3.63, 3.8) is 0 Å². The summed E-state index contributed by atoms with van der Waals surface area (Å²) in [5, 5.41) is 3.29. The van der Waals surface area contributed by atoms with Crippen LogP contribution in [0.15, 0.2) is 48.5 Å². The minimum Gasteiger partial charge on any atom is -0.322 e. The third-order valence-corrected chi connectivity index (χ3v) is 7.70. The Balaban J connectivity index is 1.10. The van der Waals surface area contributed by atoms with Gasteiger partial charge in [-0.1, -0.05) is 18.2 Å². The lowest BCUT2D eigenvalue weighted by Crippen LogP contribution is -2.52. The van der Waals surface area contributed by atoms with Gasteiger partial charge in [0.15, 0.2) is 0 Å². The van der Waals surface area contributed by atoms with Crippen LogP contribution in [0.4, 0.5) is 4.39 Å². The molecule has 1 unspecified atom stereocenters. The molecular formula is C28H27FN4O3. The average Bonchev–Trinajstić information content (AvgIpc) is 3.19. The number of piperidine rings is 2. The van der Waals surface area contributed by atoms with E-state index in [1.807, 2.05) is 24.3 Å². The van der Waals surface area contributed by atoms with Crippen LogP contribution in [-0.4, -0.2) is 51.6 Å². The van der Waals surface area contributed by atoms with Crippen LogP contribution in [-0.2, 0) is 22.7 Å². The van der Waals surface area contributed by atoms with Gasteiger partial charge in [0.1, 0.15) is 11.9 Å². The number of halogens is 1. The Morgan fingerprint density at radius 2 is 1.78 bits per heavy atom. The zero-order valence-corrected chi connectivity index (χ0v) is 19.9. The van der Waals surface area contributed by atoms with Gasteiger partial charge < -0.3 is 4.90 Å². The molecule has 3 aliphatic heterocycles. The topological polar surface area (TPSA) is 82.6 Å². The van der Waals surface area contributed by atoms with Crippen LogP contribution in [0.5, 0.6) is 0 Å². The van der Waals surface area contributed by atoms with Crippen LogP contribution in [0, 0.1) is 5.82 Å². The van der Waals surface area contributed by atoms with Crippen molar-refractivity contribution in [3.05, 3.63) is 76.7 Å². The molecule has 4 heterocycles. The second-order valence-corrected chi connectivity index (χ2v) is 10.0. The number of pyridine rings is 1. The first kappa shape index (κ1) is 22.8. The smallest absolute Gasteiger partial charge is 0.255 e. The highest BCUT2D eigenvalue weighted by molar-refractivity contribution is 6.05. The predicted octanol–water partition coefficient (Wildman–Crippen LogP) is 3.51. The fourth-order valence-corrected chi connectivity index (χ4v) is 5.72. The fourth-order valence-electron chi connectivity index (χ4n) is 5.72. The number of rotatable bonds is 4. The summed E-state index contributed by atoms with van der Waals surface area (Å²) in [6.45, 7) is 3.01. The first-order valence-corrected chi connectivity index (χ1v) is 12.5. The summed E-state index contributed by atoms with van der Waals surface area (Å²) in [6.07, 6.45) is 2.64. The van der Waals surface area contributed by atoms with Crippen molar-refractivity contribution in [2.75, 3.05) is 13.1 Å². The van der Waals surface area contributed by atoms with E-state index in [1.165, 1.54) is 17.7 Å². The SMILES string of the molecule is O=C1CCC(N2Cc3cc(C4CCN(Cc5ccc6ccc(F)cc6n5)CC4)ccc3C2=O)C(=O)N1. The highest BCUT2D eigenvalue weighted by Gasteiger charge is 2.39. The number of nitrogens with zero attached hydrogens (tertiary/aromatic N) is 3. The number of carbonyl (C=O) groups excluding carboxylic acids is 3. The van der Waals surface area contributed by atoms with Gasteiger partial charge in [-0.2, -0.15) is 0 Å². The molecule has 0 spiro atoms. The molecule has 1 atom stereocenters. The van der Waals surface area contributed by atoms with Crippen molar-refractivity contribution >= 4 is 28.6 Å². The largest absolute Gasteiger partial charge is 0.322 e. The number of nitrogens with one attached hydrogen (secondary N) is 1. The fraction of sp³-hybridized carbons (Fsp3) is 0.357. The average molecular weight is 487 g/mol. The Bertz CT molecular complexity index is 1380. The van der Waals surface area contributed by atoms with Gasteiger partial charge in [-0.05, 0) is 73.7 Å². The summed E-state index contributed by atoms with van der Waals surface area (Å²) < 4.78 is 13.6. The summed E-state index contributed by atoms with van der Waals surface area (Å²) in [5.74, 6) is -0.664. The van der Waals surface area contributed by atoms with Crippen LogP contribution in [0.1, 0.15) is 58.8 Å². The maximum absolute atomic E-state index is 13.6. The number of fused-ring (bicyclic) bond motifs is 2. The maximum atomic E-state index is 13.6. The zero-order chi connectivity index (χ0) is 24.8. The summed E-state index contributed by atoms with van der Waals surface area (Å²) in [7, 11) is 0. The van der Waals surface area contributed by atoms with Crippen molar-refractivity contribution in [3.8, 4) is 0 Å². The van der Waals surface area contributed by atoms with Crippen LogP contribution >= 0.6 is 0 Å². The van der Waals surface area contributed by atoms with Gasteiger partial charge in [-0.15, -0.1) is 0 Å². The highest BCUT2D eigenvalue weighted by Crippen LogP contribution is 2.34. The second kappa shape index (κ2) is 9.09. The number of carbonyl (C=O) groups is 3. The van der Waals surface area contributed by atoms with Crippen molar-refractivity contribution < 1.29 is 18.8 Å². The number of amides is 3. The second-order valence-electron chi connectivity index (χ2n) is 10.0. The van der Waals surface area contributed by atoms with Crippen LogP contribution < -0.4 is 5.32 Å². The predicted molar refractivity (Wildman–Crippen MR) is 131 cm³/mol. The van der Waals surface area contributed by atoms with Gasteiger partial charge in [0.2, 0.25) is 11.8 Å². The number of aromatic nitrogens is 1. The molecule has 7 nitrogen and oxygen atoms in total. The lowest BCUT2D eigenvalue weighted by molar-refractivity contribution is -0.136. The molecule has 1 N–H and O–H groups in total. The molecule has 36 heavy (non-hydrogen) atoms. The summed E-state index contributed by atoms with van der Waals surface area (Å²) >= 11 is 0. The van der Waals surface area contributed by atoms with Gasteiger partial charge in [0, 0.05) is 36.5 Å². The molecule has 3 aromatic rings. The van der Waals surface area contributed by atoms with Gasteiger partial charge in [-0.25, -0.2) is 4.39 Å². The molecule has 2 saturated heterocycles. The Morgan fingerprint density at radius 1 is 0.972 bits per heavy atom. The van der Waals surface area contributed by atoms with Crippen molar-refractivity contribution in [1.29, 1.82) is 0 Å². The molecular weight excluding hydrogens is 459 g/mol. The van der Waals surface area contributed by atoms with E-state index in [1.54, 1.807) is 11.0 Å².